The van der Waals surface area contributed by atoms with Crippen LogP contribution in [0.5, 0.6) is 0 Å². The van der Waals surface area contributed by atoms with Crippen molar-refractivity contribution >= 4 is 28.2 Å². The van der Waals surface area contributed by atoms with Crippen LogP contribution in [-0.4, -0.2) is 24.0 Å². The van der Waals surface area contributed by atoms with E-state index < -0.39 is 0 Å². The molecule has 1 saturated heterocycles. The fraction of sp³-hybridized carbons (Fsp3) is 0.286. The molecule has 1 aliphatic heterocycles. The number of carbonyl (C=O) groups excluding carboxylic acids is 1. The lowest BCUT2D eigenvalue weighted by molar-refractivity contribution is 0.102. The van der Waals surface area contributed by atoms with Crippen LogP contribution in [0.4, 0.5) is 11.4 Å². The molecule has 0 atom stereocenters. The zero-order valence-electron chi connectivity index (χ0n) is 14.5. The Balaban J connectivity index is 1.44. The van der Waals surface area contributed by atoms with Crippen LogP contribution in [0.3, 0.4) is 0 Å². The number of aromatic amines is 1. The van der Waals surface area contributed by atoms with Crippen molar-refractivity contribution in [3.63, 3.8) is 0 Å². The Morgan fingerprint density at radius 3 is 2.52 bits per heavy atom. The van der Waals surface area contributed by atoms with E-state index in [1.165, 1.54) is 18.5 Å². The van der Waals surface area contributed by atoms with Gasteiger partial charge in [-0.05, 0) is 55.2 Å². The highest BCUT2D eigenvalue weighted by Crippen LogP contribution is 2.24. The van der Waals surface area contributed by atoms with Crippen molar-refractivity contribution in [2.75, 3.05) is 23.3 Å². The molecule has 1 aromatic heterocycles. The summed E-state index contributed by atoms with van der Waals surface area (Å²) >= 11 is 0. The molecule has 0 bridgehead atoms. The molecule has 4 rings (SSSR count). The summed E-state index contributed by atoms with van der Waals surface area (Å²) in [5.74, 6) is 0.710. The molecular formula is C21H23N3O. The van der Waals surface area contributed by atoms with Crippen LogP contribution in [-0.2, 0) is 0 Å². The number of amides is 1. The number of nitrogens with zero attached hydrogens (tertiary/aromatic N) is 1. The number of aromatic nitrogens is 1. The topological polar surface area (TPSA) is 48.1 Å². The van der Waals surface area contributed by atoms with Crippen LogP contribution in [0.1, 0.15) is 30.3 Å². The smallest absolute Gasteiger partial charge is 0.272 e. The van der Waals surface area contributed by atoms with Gasteiger partial charge in [-0.2, -0.15) is 0 Å². The molecule has 128 valence electrons. The minimum Gasteiger partial charge on any atom is -0.372 e. The highest BCUT2D eigenvalue weighted by Gasteiger charge is 2.16. The minimum absolute atomic E-state index is 0.115. The summed E-state index contributed by atoms with van der Waals surface area (Å²) in [6, 6.07) is 17.9. The summed E-state index contributed by atoms with van der Waals surface area (Å²) in [7, 11) is 0. The molecule has 1 fully saturated rings. The normalized spacial score (nSPS) is 15.5. The number of carbonyl (C=O) groups is 1. The highest BCUT2D eigenvalue weighted by molar-refractivity contribution is 6.05. The van der Waals surface area contributed by atoms with Gasteiger partial charge in [-0.1, -0.05) is 25.1 Å². The minimum atomic E-state index is -0.115. The van der Waals surface area contributed by atoms with E-state index in [4.69, 9.17) is 0 Å². The lowest BCUT2D eigenvalue weighted by atomic mass is 9.99. The Morgan fingerprint density at radius 1 is 1.08 bits per heavy atom. The van der Waals surface area contributed by atoms with E-state index in [2.05, 4.69) is 34.3 Å². The summed E-state index contributed by atoms with van der Waals surface area (Å²) in [5.41, 5.74) is 3.60. The molecule has 0 saturated carbocycles. The molecule has 2 aromatic carbocycles. The second-order valence-corrected chi connectivity index (χ2v) is 6.94. The predicted octanol–water partition coefficient (Wildman–Crippen LogP) is 4.66. The van der Waals surface area contributed by atoms with Crippen molar-refractivity contribution in [3.05, 3.63) is 60.3 Å². The van der Waals surface area contributed by atoms with E-state index in [0.29, 0.717) is 5.69 Å². The lowest BCUT2D eigenvalue weighted by Gasteiger charge is -2.32. The number of benzene rings is 2. The summed E-state index contributed by atoms with van der Waals surface area (Å²) < 4.78 is 0. The number of fused-ring (bicyclic) bond motifs is 1. The van der Waals surface area contributed by atoms with Gasteiger partial charge >= 0.3 is 0 Å². The van der Waals surface area contributed by atoms with Gasteiger partial charge in [0.2, 0.25) is 0 Å². The molecule has 0 aliphatic carbocycles. The molecular weight excluding hydrogens is 310 g/mol. The number of hydrogen-bond donors (Lipinski definition) is 2. The maximum atomic E-state index is 12.5. The van der Waals surface area contributed by atoms with E-state index in [-0.39, 0.29) is 5.91 Å². The van der Waals surface area contributed by atoms with E-state index in [9.17, 15) is 4.79 Å². The quantitative estimate of drug-likeness (QED) is 0.732. The van der Waals surface area contributed by atoms with Crippen molar-refractivity contribution in [2.24, 2.45) is 5.92 Å². The summed E-state index contributed by atoms with van der Waals surface area (Å²) in [6.07, 6.45) is 2.50. The van der Waals surface area contributed by atoms with Gasteiger partial charge in [0.15, 0.2) is 0 Å². The fourth-order valence-electron chi connectivity index (χ4n) is 3.42. The Labute approximate surface area is 147 Å². The van der Waals surface area contributed by atoms with Crippen molar-refractivity contribution in [1.29, 1.82) is 0 Å². The van der Waals surface area contributed by atoms with Crippen molar-refractivity contribution in [1.82, 2.24) is 4.98 Å². The number of piperidine rings is 1. The average Bonchev–Trinajstić information content (AvgIpc) is 3.07. The fourth-order valence-corrected chi connectivity index (χ4v) is 3.42. The third-order valence-electron chi connectivity index (χ3n) is 5.05. The van der Waals surface area contributed by atoms with Crippen LogP contribution >= 0.6 is 0 Å². The van der Waals surface area contributed by atoms with Gasteiger partial charge in [-0.15, -0.1) is 0 Å². The lowest BCUT2D eigenvalue weighted by Crippen LogP contribution is -2.32. The molecule has 3 aromatic rings. The SMILES string of the molecule is CC1CCN(c2ccc(NC(=O)c3cc4ccccc4[nH]3)cc2)CC1. The van der Waals surface area contributed by atoms with Crippen LogP contribution < -0.4 is 10.2 Å². The van der Waals surface area contributed by atoms with Crippen LogP contribution in [0.25, 0.3) is 10.9 Å². The molecule has 25 heavy (non-hydrogen) atoms. The van der Waals surface area contributed by atoms with Crippen LogP contribution in [0.2, 0.25) is 0 Å². The first-order chi connectivity index (χ1) is 12.2. The van der Waals surface area contributed by atoms with Gasteiger partial charge < -0.3 is 15.2 Å². The second kappa shape index (κ2) is 6.63. The number of hydrogen-bond acceptors (Lipinski definition) is 2. The van der Waals surface area contributed by atoms with Crippen molar-refractivity contribution in [3.8, 4) is 0 Å². The number of H-pyrrole nitrogens is 1. The zero-order chi connectivity index (χ0) is 17.2. The third-order valence-corrected chi connectivity index (χ3v) is 5.05. The second-order valence-electron chi connectivity index (χ2n) is 6.94. The first kappa shape index (κ1) is 15.8. The molecule has 0 spiro atoms. The van der Waals surface area contributed by atoms with Gasteiger partial charge in [0.05, 0.1) is 0 Å². The first-order valence-corrected chi connectivity index (χ1v) is 8.93. The monoisotopic (exact) mass is 333 g/mol. The summed E-state index contributed by atoms with van der Waals surface area (Å²) in [4.78, 5) is 18.0. The maximum absolute atomic E-state index is 12.5. The van der Waals surface area contributed by atoms with Crippen LogP contribution in [0, 0.1) is 5.92 Å². The Hall–Kier alpha value is -2.75. The number of para-hydroxylation sites is 1. The summed E-state index contributed by atoms with van der Waals surface area (Å²) in [5, 5.41) is 4.01. The molecule has 2 heterocycles. The van der Waals surface area contributed by atoms with Crippen molar-refractivity contribution < 1.29 is 4.79 Å². The van der Waals surface area contributed by atoms with Crippen LogP contribution in [0.15, 0.2) is 54.6 Å². The van der Waals surface area contributed by atoms with E-state index in [1.54, 1.807) is 0 Å². The molecule has 0 unspecified atom stereocenters. The Kier molecular flexibility index (Phi) is 4.18. The number of nitrogens with one attached hydrogen (secondary N) is 2. The predicted molar refractivity (Wildman–Crippen MR) is 103 cm³/mol. The number of rotatable bonds is 3. The molecule has 0 radical (unpaired) electrons. The number of anilines is 2. The maximum Gasteiger partial charge on any atom is 0.272 e. The summed E-state index contributed by atoms with van der Waals surface area (Å²) in [6.45, 7) is 4.55. The molecule has 2 N–H and O–H groups in total. The first-order valence-electron chi connectivity index (χ1n) is 8.93. The largest absolute Gasteiger partial charge is 0.372 e. The molecule has 4 heteroatoms. The van der Waals surface area contributed by atoms with E-state index in [1.807, 2.05) is 42.5 Å². The van der Waals surface area contributed by atoms with E-state index in [0.717, 1.165) is 35.6 Å². The Morgan fingerprint density at radius 2 is 1.80 bits per heavy atom. The Bertz CT molecular complexity index is 841. The van der Waals surface area contributed by atoms with Gasteiger partial charge in [-0.25, -0.2) is 0 Å². The molecule has 4 nitrogen and oxygen atoms in total. The standard InChI is InChI=1S/C21H23N3O/c1-15-10-12-24(13-11-15)18-8-6-17(7-9-18)22-21(25)20-14-16-4-2-3-5-19(16)23-20/h2-9,14-15,23H,10-13H2,1H3,(H,22,25). The van der Waals surface area contributed by atoms with Gasteiger partial charge in [0.25, 0.3) is 5.91 Å². The van der Waals surface area contributed by atoms with Crippen molar-refractivity contribution in [2.45, 2.75) is 19.8 Å². The van der Waals surface area contributed by atoms with E-state index >= 15 is 0 Å². The molecule has 1 aliphatic rings. The average molecular weight is 333 g/mol. The third kappa shape index (κ3) is 3.38. The van der Waals surface area contributed by atoms with Gasteiger partial charge in [0, 0.05) is 35.4 Å². The van der Waals surface area contributed by atoms with Gasteiger partial charge in [-0.3, -0.25) is 4.79 Å². The molecule has 1 amide bonds. The van der Waals surface area contributed by atoms with Gasteiger partial charge in [0.1, 0.15) is 5.69 Å². The zero-order valence-corrected chi connectivity index (χ0v) is 14.5. The highest BCUT2D eigenvalue weighted by atomic mass is 16.1.